The summed E-state index contributed by atoms with van der Waals surface area (Å²) in [6, 6.07) is 6.10. The first-order chi connectivity index (χ1) is 8.97. The number of nitro groups is 1. The van der Waals surface area contributed by atoms with Gasteiger partial charge in [-0.3, -0.25) is 15.1 Å². The molecule has 1 heterocycles. The molecular formula is C11H5BrClIN2O3. The van der Waals surface area contributed by atoms with Crippen LogP contribution in [-0.4, -0.2) is 11.1 Å². The quantitative estimate of drug-likeness (QED) is 0.284. The van der Waals surface area contributed by atoms with Gasteiger partial charge in [0, 0.05) is 34.7 Å². The smallest absolute Gasteiger partial charge is 0.290 e. The van der Waals surface area contributed by atoms with Gasteiger partial charge in [-0.2, -0.15) is 0 Å². The van der Waals surface area contributed by atoms with E-state index in [2.05, 4.69) is 20.9 Å². The van der Waals surface area contributed by atoms with E-state index in [0.717, 1.165) is 4.47 Å². The summed E-state index contributed by atoms with van der Waals surface area (Å²) in [5.74, 6) is 0.550. The molecule has 98 valence electrons. The van der Waals surface area contributed by atoms with Crippen molar-refractivity contribution < 1.29 is 9.34 Å². The highest BCUT2D eigenvalue weighted by atomic mass is 127. The lowest BCUT2D eigenvalue weighted by Crippen LogP contribution is -1.88. The normalized spacial score (nSPS) is 11.1. The van der Waals surface area contributed by atoms with E-state index < -0.39 is 4.92 Å². The molecule has 5 nitrogen and oxygen atoms in total. The molecule has 0 N–H and O–H groups in total. The number of halogens is 3. The Bertz CT molecular complexity index is 652. The molecule has 8 heteroatoms. The monoisotopic (exact) mass is 454 g/mol. The van der Waals surface area contributed by atoms with Crippen molar-refractivity contribution in [2.45, 2.75) is 0 Å². The summed E-state index contributed by atoms with van der Waals surface area (Å²) in [5.41, 5.74) is 0.255. The molecule has 0 amide bonds. The summed E-state index contributed by atoms with van der Waals surface area (Å²) in [5, 5.41) is 10.8. The first-order valence-corrected chi connectivity index (χ1v) is 7.15. The molecule has 0 aliphatic heterocycles. The van der Waals surface area contributed by atoms with E-state index in [1.165, 1.54) is 18.3 Å². The number of nitrogens with zero attached hydrogens (tertiary/aromatic N) is 2. The Hall–Kier alpha value is -0.930. The van der Waals surface area contributed by atoms with E-state index in [9.17, 15) is 10.1 Å². The number of rotatable bonds is 3. The SMILES string of the molecule is O=[N+]([O-])c1cc(N=Cc2cc(Br)c(I)o2)ccc1Cl. The highest BCUT2D eigenvalue weighted by molar-refractivity contribution is 14.1. The minimum absolute atomic E-state index is 0.0826. The van der Waals surface area contributed by atoms with Crippen LogP contribution in [0.3, 0.4) is 0 Å². The van der Waals surface area contributed by atoms with Crippen LogP contribution in [0, 0.1) is 13.9 Å². The summed E-state index contributed by atoms with van der Waals surface area (Å²) < 4.78 is 6.91. The van der Waals surface area contributed by atoms with Gasteiger partial charge in [-0.05, 0) is 28.1 Å². The van der Waals surface area contributed by atoms with Crippen molar-refractivity contribution in [3.05, 3.63) is 53.4 Å². The zero-order valence-electron chi connectivity index (χ0n) is 9.14. The van der Waals surface area contributed by atoms with Crippen molar-refractivity contribution in [2.24, 2.45) is 4.99 Å². The summed E-state index contributed by atoms with van der Waals surface area (Å²) >= 11 is 11.1. The van der Waals surface area contributed by atoms with E-state index in [1.807, 2.05) is 22.6 Å². The standard InChI is InChI=1S/C11H5BrClIN2O3/c12-8-4-7(19-11(8)14)5-15-6-1-2-9(13)10(3-6)16(17)18/h1-5H. The fraction of sp³-hybridized carbons (Fsp3) is 0. The minimum atomic E-state index is -0.548. The van der Waals surface area contributed by atoms with Gasteiger partial charge in [-0.15, -0.1) is 0 Å². The first-order valence-electron chi connectivity index (χ1n) is 4.90. The molecule has 0 radical (unpaired) electrons. The van der Waals surface area contributed by atoms with Crippen LogP contribution in [0.4, 0.5) is 11.4 Å². The molecule has 1 aromatic heterocycles. The predicted octanol–water partition coefficient (Wildman–Crippen LogP) is 4.96. The number of nitro benzene ring substituents is 1. The Morgan fingerprint density at radius 3 is 2.79 bits per heavy atom. The van der Waals surface area contributed by atoms with Crippen molar-refractivity contribution in [1.29, 1.82) is 0 Å². The topological polar surface area (TPSA) is 68.6 Å². The van der Waals surface area contributed by atoms with E-state index in [1.54, 1.807) is 12.1 Å². The van der Waals surface area contributed by atoms with E-state index in [4.69, 9.17) is 16.0 Å². The number of furan rings is 1. The highest BCUT2D eigenvalue weighted by Crippen LogP contribution is 2.29. The third-order valence-electron chi connectivity index (χ3n) is 2.13. The molecule has 0 aliphatic carbocycles. The molecule has 2 rings (SSSR count). The van der Waals surface area contributed by atoms with Gasteiger partial charge >= 0.3 is 0 Å². The Morgan fingerprint density at radius 1 is 1.47 bits per heavy atom. The van der Waals surface area contributed by atoms with E-state index in [-0.39, 0.29) is 10.7 Å². The number of aliphatic imine (C=N–C) groups is 1. The Labute approximate surface area is 135 Å². The van der Waals surface area contributed by atoms with Crippen LogP contribution in [0.25, 0.3) is 0 Å². The van der Waals surface area contributed by atoms with Gasteiger partial charge in [0.15, 0.2) is 3.77 Å². The van der Waals surface area contributed by atoms with Crippen molar-refractivity contribution >= 4 is 67.7 Å². The lowest BCUT2D eigenvalue weighted by Gasteiger charge is -1.96. The number of hydrogen-bond acceptors (Lipinski definition) is 4. The zero-order chi connectivity index (χ0) is 14.0. The molecule has 0 bridgehead atoms. The number of hydrogen-bond donors (Lipinski definition) is 0. The van der Waals surface area contributed by atoms with Crippen LogP contribution in [0.1, 0.15) is 5.76 Å². The second-order valence-electron chi connectivity index (χ2n) is 3.42. The lowest BCUT2D eigenvalue weighted by molar-refractivity contribution is -0.384. The molecule has 2 aromatic rings. The molecular weight excluding hydrogens is 450 g/mol. The van der Waals surface area contributed by atoms with Gasteiger partial charge in [-0.1, -0.05) is 11.6 Å². The van der Waals surface area contributed by atoms with Gasteiger partial charge in [0.25, 0.3) is 5.69 Å². The average molecular weight is 455 g/mol. The van der Waals surface area contributed by atoms with Crippen LogP contribution in [0.2, 0.25) is 5.02 Å². The van der Waals surface area contributed by atoms with Crippen molar-refractivity contribution in [2.75, 3.05) is 0 Å². The third-order valence-corrected chi connectivity index (χ3v) is 4.58. The predicted molar refractivity (Wildman–Crippen MR) is 84.5 cm³/mol. The lowest BCUT2D eigenvalue weighted by atomic mass is 10.3. The molecule has 0 spiro atoms. The van der Waals surface area contributed by atoms with Crippen LogP contribution in [0.15, 0.2) is 38.1 Å². The summed E-state index contributed by atoms with van der Waals surface area (Å²) in [4.78, 5) is 14.3. The maximum atomic E-state index is 10.7. The molecule has 1 aromatic carbocycles. The molecule has 0 saturated heterocycles. The van der Waals surface area contributed by atoms with Crippen molar-refractivity contribution in [3.8, 4) is 0 Å². The van der Waals surface area contributed by atoms with Gasteiger partial charge in [0.1, 0.15) is 10.8 Å². The molecule has 0 atom stereocenters. The second kappa shape index (κ2) is 6.02. The summed E-state index contributed by atoms with van der Waals surface area (Å²) in [6.45, 7) is 0. The van der Waals surface area contributed by atoms with Crippen LogP contribution >= 0.6 is 50.1 Å². The minimum Gasteiger partial charge on any atom is -0.448 e. The summed E-state index contributed by atoms with van der Waals surface area (Å²) in [7, 11) is 0. The van der Waals surface area contributed by atoms with Crippen LogP contribution in [0.5, 0.6) is 0 Å². The fourth-order valence-corrected chi connectivity index (χ4v) is 2.19. The average Bonchev–Trinajstić information content (AvgIpc) is 2.67. The Balaban J connectivity index is 2.28. The summed E-state index contributed by atoms with van der Waals surface area (Å²) in [6.07, 6.45) is 1.49. The van der Waals surface area contributed by atoms with Gasteiger partial charge in [0.05, 0.1) is 21.3 Å². The van der Waals surface area contributed by atoms with Crippen LogP contribution < -0.4 is 0 Å². The van der Waals surface area contributed by atoms with E-state index in [0.29, 0.717) is 15.2 Å². The van der Waals surface area contributed by atoms with Gasteiger partial charge < -0.3 is 4.42 Å². The maximum absolute atomic E-state index is 10.7. The fourth-order valence-electron chi connectivity index (χ4n) is 1.29. The van der Waals surface area contributed by atoms with E-state index >= 15 is 0 Å². The molecule has 0 fully saturated rings. The number of benzene rings is 1. The largest absolute Gasteiger partial charge is 0.448 e. The molecule has 0 unspecified atom stereocenters. The maximum Gasteiger partial charge on any atom is 0.290 e. The Kier molecular flexibility index (Phi) is 4.58. The second-order valence-corrected chi connectivity index (χ2v) is 5.66. The Morgan fingerprint density at radius 2 is 2.21 bits per heavy atom. The van der Waals surface area contributed by atoms with Crippen molar-refractivity contribution in [3.63, 3.8) is 0 Å². The van der Waals surface area contributed by atoms with Gasteiger partial charge in [0.2, 0.25) is 0 Å². The van der Waals surface area contributed by atoms with Crippen LogP contribution in [-0.2, 0) is 0 Å². The zero-order valence-corrected chi connectivity index (χ0v) is 13.6. The molecule has 19 heavy (non-hydrogen) atoms. The molecule has 0 aliphatic rings. The first kappa shape index (κ1) is 14.5. The highest BCUT2D eigenvalue weighted by Gasteiger charge is 2.12. The molecule has 0 saturated carbocycles. The van der Waals surface area contributed by atoms with Gasteiger partial charge in [-0.25, -0.2) is 0 Å². The third kappa shape index (κ3) is 3.54. The van der Waals surface area contributed by atoms with Crippen molar-refractivity contribution in [1.82, 2.24) is 0 Å².